The van der Waals surface area contributed by atoms with Crippen molar-refractivity contribution in [3.05, 3.63) is 36.5 Å². The average molecular weight is 867 g/mol. The van der Waals surface area contributed by atoms with Gasteiger partial charge in [0.1, 0.15) is 12.7 Å². The van der Waals surface area contributed by atoms with Gasteiger partial charge in [-0.15, -0.1) is 0 Å². The lowest BCUT2D eigenvalue weighted by Crippen LogP contribution is -2.30. The van der Waals surface area contributed by atoms with Crippen molar-refractivity contribution in [3.63, 3.8) is 0 Å². The molecule has 338 valence electrons. The number of ether oxygens (including phenoxy) is 3. The average Bonchev–Trinajstić information content (AvgIpc) is 3.92. The van der Waals surface area contributed by atoms with E-state index in [1.54, 1.807) is 0 Å². The molecule has 0 spiro atoms. The second-order valence-electron chi connectivity index (χ2n) is 15.5. The van der Waals surface area contributed by atoms with Crippen molar-refractivity contribution in [2.45, 2.75) is 186 Å². The third-order valence-electron chi connectivity index (χ3n) is 9.37. The summed E-state index contributed by atoms with van der Waals surface area (Å²) in [6.07, 6.45) is 31.7. The minimum Gasteiger partial charge on any atom is -0.462 e. The van der Waals surface area contributed by atoms with Crippen molar-refractivity contribution in [2.24, 2.45) is 5.92 Å². The molecule has 0 amide bonds. The Bertz CT molecular complexity index is 1250. The molecule has 0 saturated carbocycles. The zero-order valence-electron chi connectivity index (χ0n) is 35.5. The maximum absolute atomic E-state index is 12.7. The predicted molar refractivity (Wildman–Crippen MR) is 225 cm³/mol. The lowest BCUT2D eigenvalue weighted by atomic mass is 10.0. The van der Waals surface area contributed by atoms with E-state index in [0.717, 1.165) is 57.3 Å². The van der Waals surface area contributed by atoms with E-state index in [2.05, 4.69) is 66.3 Å². The number of rotatable bonds is 39. The van der Waals surface area contributed by atoms with Crippen LogP contribution in [0.1, 0.15) is 162 Å². The number of phosphoric acid groups is 2. The molecule has 0 bridgehead atoms. The third kappa shape index (κ3) is 35.1. The van der Waals surface area contributed by atoms with E-state index in [0.29, 0.717) is 19.3 Å². The van der Waals surface area contributed by atoms with Gasteiger partial charge >= 0.3 is 27.6 Å². The zero-order chi connectivity index (χ0) is 42.9. The molecule has 0 aromatic rings. The van der Waals surface area contributed by atoms with Crippen LogP contribution in [0.15, 0.2) is 36.5 Å². The molecule has 0 aliphatic carbocycles. The SMILES string of the molecule is CCCCC/C=C\C/C=C\C/C=C\CC1OC1CCCC(=O)OC[C@H](COP(=O)(O)OC[C@@H](O)COP(=O)(O)O)OC(=O)CCCCCCCCCCCCC(C)C. The zero-order valence-corrected chi connectivity index (χ0v) is 37.3. The summed E-state index contributed by atoms with van der Waals surface area (Å²) in [4.78, 5) is 52.8. The number of hydrogen-bond donors (Lipinski definition) is 4. The van der Waals surface area contributed by atoms with Gasteiger partial charge in [0.05, 0.1) is 32.0 Å². The first-order chi connectivity index (χ1) is 27.7. The number of aliphatic hydroxyl groups excluding tert-OH is 1. The molecule has 14 nitrogen and oxygen atoms in total. The summed E-state index contributed by atoms with van der Waals surface area (Å²) in [6, 6.07) is 0. The smallest absolute Gasteiger partial charge is 0.462 e. The van der Waals surface area contributed by atoms with Crippen molar-refractivity contribution in [2.75, 3.05) is 26.4 Å². The van der Waals surface area contributed by atoms with Crippen molar-refractivity contribution in [1.82, 2.24) is 0 Å². The van der Waals surface area contributed by atoms with Crippen LogP contribution in [-0.4, -0.2) is 82.6 Å². The van der Waals surface area contributed by atoms with E-state index in [1.807, 2.05) is 0 Å². The van der Waals surface area contributed by atoms with Crippen LogP contribution in [0.4, 0.5) is 0 Å². The normalized spacial score (nSPS) is 18.0. The number of aliphatic hydroxyl groups is 1. The highest BCUT2D eigenvalue weighted by molar-refractivity contribution is 7.47. The summed E-state index contributed by atoms with van der Waals surface area (Å²) in [5.41, 5.74) is 0. The quantitative estimate of drug-likeness (QED) is 0.0149. The van der Waals surface area contributed by atoms with Crippen LogP contribution in [-0.2, 0) is 46.5 Å². The maximum atomic E-state index is 12.7. The molecule has 1 aliphatic heterocycles. The van der Waals surface area contributed by atoms with Gasteiger partial charge in [0.25, 0.3) is 0 Å². The Morgan fingerprint density at radius 2 is 1.22 bits per heavy atom. The molecule has 3 unspecified atom stereocenters. The van der Waals surface area contributed by atoms with E-state index in [1.165, 1.54) is 57.8 Å². The van der Waals surface area contributed by atoms with Gasteiger partial charge < -0.3 is 34.0 Å². The Kier molecular flexibility index (Phi) is 31.8. The Morgan fingerprint density at radius 1 is 0.655 bits per heavy atom. The Labute approximate surface area is 348 Å². The predicted octanol–water partition coefficient (Wildman–Crippen LogP) is 9.74. The first-order valence-corrected chi connectivity index (χ1v) is 24.7. The molecular formula is C42H76O14P2. The lowest BCUT2D eigenvalue weighted by molar-refractivity contribution is -0.161. The van der Waals surface area contributed by atoms with Gasteiger partial charge in [0.2, 0.25) is 0 Å². The minimum atomic E-state index is -4.87. The van der Waals surface area contributed by atoms with Crippen molar-refractivity contribution >= 4 is 27.6 Å². The topological polar surface area (TPSA) is 208 Å². The maximum Gasteiger partial charge on any atom is 0.472 e. The summed E-state index contributed by atoms with van der Waals surface area (Å²) in [5.74, 6) is -0.343. The monoisotopic (exact) mass is 866 g/mol. The van der Waals surface area contributed by atoms with Gasteiger partial charge in [-0.25, -0.2) is 9.13 Å². The van der Waals surface area contributed by atoms with Gasteiger partial charge in [-0.1, -0.05) is 134 Å². The highest BCUT2D eigenvalue weighted by Crippen LogP contribution is 2.44. The second-order valence-corrected chi connectivity index (χ2v) is 18.2. The molecule has 4 N–H and O–H groups in total. The van der Waals surface area contributed by atoms with E-state index in [9.17, 15) is 28.7 Å². The third-order valence-corrected chi connectivity index (χ3v) is 10.8. The summed E-state index contributed by atoms with van der Waals surface area (Å²) in [5, 5.41) is 9.75. The fourth-order valence-corrected chi connectivity index (χ4v) is 7.13. The molecule has 1 fully saturated rings. The second kappa shape index (κ2) is 34.0. The van der Waals surface area contributed by atoms with Gasteiger partial charge in [0.15, 0.2) is 6.10 Å². The molecule has 0 radical (unpaired) electrons. The number of epoxide rings is 1. The van der Waals surface area contributed by atoms with Crippen molar-refractivity contribution in [3.8, 4) is 0 Å². The Hall–Kier alpha value is -1.70. The summed E-state index contributed by atoms with van der Waals surface area (Å²) in [6.45, 7) is 3.94. The van der Waals surface area contributed by atoms with Crippen molar-refractivity contribution in [1.29, 1.82) is 0 Å². The number of hydrogen-bond acceptors (Lipinski definition) is 11. The lowest BCUT2D eigenvalue weighted by Gasteiger charge is -2.20. The molecule has 0 aromatic carbocycles. The fourth-order valence-electron chi connectivity index (χ4n) is 5.97. The van der Waals surface area contributed by atoms with Crippen LogP contribution < -0.4 is 0 Å². The molecule has 1 heterocycles. The van der Waals surface area contributed by atoms with E-state index in [4.69, 9.17) is 28.5 Å². The number of carbonyl (C=O) groups excluding carboxylic acids is 2. The molecule has 1 rings (SSSR count). The molecule has 1 saturated heterocycles. The van der Waals surface area contributed by atoms with E-state index in [-0.39, 0.29) is 25.0 Å². The first-order valence-electron chi connectivity index (χ1n) is 21.7. The van der Waals surface area contributed by atoms with Crippen LogP contribution in [0.2, 0.25) is 0 Å². The van der Waals surface area contributed by atoms with Gasteiger partial charge in [-0.3, -0.25) is 23.2 Å². The van der Waals surface area contributed by atoms with Gasteiger partial charge in [0, 0.05) is 12.8 Å². The van der Waals surface area contributed by atoms with E-state index < -0.39 is 66.2 Å². The van der Waals surface area contributed by atoms with Gasteiger partial charge in [-0.05, 0) is 57.3 Å². The molecule has 16 heteroatoms. The minimum absolute atomic E-state index is 0.0814. The van der Waals surface area contributed by atoms with Crippen LogP contribution in [0.25, 0.3) is 0 Å². The largest absolute Gasteiger partial charge is 0.472 e. The molecule has 0 aromatic heterocycles. The molecule has 58 heavy (non-hydrogen) atoms. The summed E-state index contributed by atoms with van der Waals surface area (Å²) in [7, 11) is -9.69. The molecular weight excluding hydrogens is 790 g/mol. The number of esters is 2. The fraction of sp³-hybridized carbons (Fsp3) is 0.810. The van der Waals surface area contributed by atoms with E-state index >= 15 is 0 Å². The highest BCUT2D eigenvalue weighted by atomic mass is 31.2. The van der Waals surface area contributed by atoms with Crippen LogP contribution in [0.5, 0.6) is 0 Å². The number of allylic oxidation sites excluding steroid dienone is 5. The number of phosphoric ester groups is 2. The Balaban J connectivity index is 2.41. The molecule has 5 atom stereocenters. The van der Waals surface area contributed by atoms with Crippen LogP contribution >= 0.6 is 15.6 Å². The van der Waals surface area contributed by atoms with Crippen molar-refractivity contribution < 1.29 is 66.3 Å². The number of unbranched alkanes of at least 4 members (excludes halogenated alkanes) is 12. The summed E-state index contributed by atoms with van der Waals surface area (Å²) < 4.78 is 53.5. The summed E-state index contributed by atoms with van der Waals surface area (Å²) >= 11 is 0. The standard InChI is InChI=1S/C42H76O14P2/c1-4-5-6-7-8-9-10-11-15-18-21-24-28-39-40(56-39)29-26-31-41(44)51-34-38(35-54-58(49,50)53-33-37(43)32-52-57(46,47)48)55-42(45)30-25-22-19-16-13-12-14-17-20-23-27-36(2)3/h8-9,11,15,21,24,36-40,43H,4-7,10,12-14,16-20,22-23,25-35H2,1-3H3,(H,49,50)(H2,46,47,48)/b9-8-,15-11-,24-21-/t37-,38+,39?,40?/m0/s1. The van der Waals surface area contributed by atoms with Crippen LogP contribution in [0, 0.1) is 5.92 Å². The Morgan fingerprint density at radius 3 is 1.86 bits per heavy atom. The molecule has 1 aliphatic rings. The highest BCUT2D eigenvalue weighted by Gasteiger charge is 2.36. The first kappa shape index (κ1) is 54.3. The van der Waals surface area contributed by atoms with Gasteiger partial charge in [-0.2, -0.15) is 0 Å². The van der Waals surface area contributed by atoms with Crippen LogP contribution in [0.3, 0.4) is 0 Å². The number of carbonyl (C=O) groups is 2.